The molecule has 0 fully saturated rings. The minimum atomic E-state index is 0.00196. The molecule has 0 bridgehead atoms. The van der Waals surface area contributed by atoms with Gasteiger partial charge in [0.1, 0.15) is 5.01 Å². The van der Waals surface area contributed by atoms with E-state index in [-0.39, 0.29) is 5.91 Å². The van der Waals surface area contributed by atoms with E-state index in [0.29, 0.717) is 18.0 Å². The van der Waals surface area contributed by atoms with Crippen LogP contribution < -0.4 is 10.6 Å². The highest BCUT2D eigenvalue weighted by atomic mass is 35.5. The van der Waals surface area contributed by atoms with Crippen molar-refractivity contribution in [3.8, 4) is 10.6 Å². The standard InChI is InChI=1S/C15H18ClN3OS/c1-17-7-4-8-18-14(20)9-11-10-21-15(19-11)12-5-2-3-6-13(12)16/h2-3,5-6,10,17H,4,7-9H2,1H3,(H,18,20). The second-order valence-electron chi connectivity index (χ2n) is 4.61. The van der Waals surface area contributed by atoms with Crippen molar-refractivity contribution in [2.75, 3.05) is 20.1 Å². The van der Waals surface area contributed by atoms with Crippen molar-refractivity contribution in [3.05, 3.63) is 40.4 Å². The number of nitrogens with one attached hydrogen (secondary N) is 2. The van der Waals surface area contributed by atoms with E-state index in [9.17, 15) is 4.79 Å². The first kappa shape index (κ1) is 15.9. The fourth-order valence-electron chi connectivity index (χ4n) is 1.87. The number of rotatable bonds is 7. The van der Waals surface area contributed by atoms with Crippen LogP contribution in [0.1, 0.15) is 12.1 Å². The lowest BCUT2D eigenvalue weighted by Gasteiger charge is -2.03. The molecule has 0 aliphatic heterocycles. The van der Waals surface area contributed by atoms with Crippen molar-refractivity contribution in [1.29, 1.82) is 0 Å². The van der Waals surface area contributed by atoms with Crippen LogP contribution in [0, 0.1) is 0 Å². The molecule has 1 aromatic carbocycles. The summed E-state index contributed by atoms with van der Waals surface area (Å²) in [5.41, 5.74) is 1.69. The minimum absolute atomic E-state index is 0.00196. The molecule has 21 heavy (non-hydrogen) atoms. The lowest BCUT2D eigenvalue weighted by Crippen LogP contribution is -2.28. The molecule has 4 nitrogen and oxygen atoms in total. The zero-order chi connectivity index (χ0) is 15.1. The molecule has 1 heterocycles. The van der Waals surface area contributed by atoms with E-state index >= 15 is 0 Å². The van der Waals surface area contributed by atoms with E-state index < -0.39 is 0 Å². The molecule has 0 saturated heterocycles. The molecule has 2 aromatic rings. The summed E-state index contributed by atoms with van der Waals surface area (Å²) >= 11 is 7.66. The van der Waals surface area contributed by atoms with E-state index in [1.54, 1.807) is 0 Å². The highest BCUT2D eigenvalue weighted by Crippen LogP contribution is 2.30. The van der Waals surface area contributed by atoms with Crippen molar-refractivity contribution in [1.82, 2.24) is 15.6 Å². The van der Waals surface area contributed by atoms with Crippen molar-refractivity contribution in [3.63, 3.8) is 0 Å². The molecule has 0 unspecified atom stereocenters. The van der Waals surface area contributed by atoms with Crippen LogP contribution in [0.2, 0.25) is 5.02 Å². The van der Waals surface area contributed by atoms with Gasteiger partial charge in [-0.25, -0.2) is 4.98 Å². The van der Waals surface area contributed by atoms with Crippen molar-refractivity contribution < 1.29 is 4.79 Å². The number of benzene rings is 1. The summed E-state index contributed by atoms with van der Waals surface area (Å²) in [6.45, 7) is 1.58. The molecule has 6 heteroatoms. The lowest BCUT2D eigenvalue weighted by atomic mass is 10.2. The number of carbonyl (C=O) groups is 1. The van der Waals surface area contributed by atoms with E-state index in [1.807, 2.05) is 36.7 Å². The van der Waals surface area contributed by atoms with E-state index in [1.165, 1.54) is 11.3 Å². The SMILES string of the molecule is CNCCCNC(=O)Cc1csc(-c2ccccc2Cl)n1. The molecule has 112 valence electrons. The number of thiazole rings is 1. The third-order valence-electron chi connectivity index (χ3n) is 2.92. The van der Waals surface area contributed by atoms with Crippen LogP contribution in [0.3, 0.4) is 0 Å². The highest BCUT2D eigenvalue weighted by Gasteiger charge is 2.10. The molecule has 0 aliphatic rings. The average Bonchev–Trinajstić information content (AvgIpc) is 2.92. The Hall–Kier alpha value is -1.43. The van der Waals surface area contributed by atoms with Crippen LogP contribution in [0.4, 0.5) is 0 Å². The summed E-state index contributed by atoms with van der Waals surface area (Å²) in [6.07, 6.45) is 1.23. The van der Waals surface area contributed by atoms with E-state index in [0.717, 1.165) is 29.2 Å². The lowest BCUT2D eigenvalue weighted by molar-refractivity contribution is -0.120. The van der Waals surface area contributed by atoms with Gasteiger partial charge in [0.05, 0.1) is 17.1 Å². The van der Waals surface area contributed by atoms with Crippen molar-refractivity contribution in [2.24, 2.45) is 0 Å². The summed E-state index contributed by atoms with van der Waals surface area (Å²) in [5.74, 6) is 0.00196. The number of nitrogens with zero attached hydrogens (tertiary/aromatic N) is 1. The van der Waals surface area contributed by atoms with Crippen molar-refractivity contribution >= 4 is 28.8 Å². The van der Waals surface area contributed by atoms with E-state index in [2.05, 4.69) is 15.6 Å². The second-order valence-corrected chi connectivity index (χ2v) is 5.87. The van der Waals surface area contributed by atoms with Gasteiger partial charge in [0, 0.05) is 17.5 Å². The Bertz CT molecular complexity index is 600. The van der Waals surface area contributed by atoms with Gasteiger partial charge in [-0.05, 0) is 26.1 Å². The Labute approximate surface area is 133 Å². The summed E-state index contributed by atoms with van der Waals surface area (Å²) in [7, 11) is 1.90. The van der Waals surface area contributed by atoms with Crippen LogP contribution in [0.5, 0.6) is 0 Å². The minimum Gasteiger partial charge on any atom is -0.356 e. The Morgan fingerprint density at radius 2 is 2.14 bits per heavy atom. The molecule has 1 aromatic heterocycles. The third-order valence-corrected chi connectivity index (χ3v) is 4.18. The van der Waals surface area contributed by atoms with Gasteiger partial charge < -0.3 is 10.6 Å². The van der Waals surface area contributed by atoms with Crippen LogP contribution >= 0.6 is 22.9 Å². The fraction of sp³-hybridized carbons (Fsp3) is 0.333. The molecule has 0 aliphatic carbocycles. The maximum absolute atomic E-state index is 11.8. The van der Waals surface area contributed by atoms with Gasteiger partial charge in [-0.15, -0.1) is 11.3 Å². The number of hydrogen-bond donors (Lipinski definition) is 2. The monoisotopic (exact) mass is 323 g/mol. The van der Waals surface area contributed by atoms with Gasteiger partial charge in [-0.1, -0.05) is 29.8 Å². The molecule has 1 amide bonds. The molecule has 0 spiro atoms. The number of carbonyl (C=O) groups excluding carboxylic acids is 1. The largest absolute Gasteiger partial charge is 0.356 e. The van der Waals surface area contributed by atoms with E-state index in [4.69, 9.17) is 11.6 Å². The van der Waals surface area contributed by atoms with Crippen LogP contribution in [-0.4, -0.2) is 31.0 Å². The number of halogens is 1. The predicted octanol–water partition coefficient (Wildman–Crippen LogP) is 2.73. The number of hydrogen-bond acceptors (Lipinski definition) is 4. The van der Waals surface area contributed by atoms with Crippen LogP contribution in [0.25, 0.3) is 10.6 Å². The average molecular weight is 324 g/mol. The summed E-state index contributed by atoms with van der Waals surface area (Å²) in [4.78, 5) is 16.3. The van der Waals surface area contributed by atoms with Crippen LogP contribution in [0.15, 0.2) is 29.6 Å². The number of amides is 1. The van der Waals surface area contributed by atoms with Crippen LogP contribution in [-0.2, 0) is 11.2 Å². The molecule has 0 saturated carbocycles. The summed E-state index contributed by atoms with van der Waals surface area (Å²) in [6, 6.07) is 7.59. The highest BCUT2D eigenvalue weighted by molar-refractivity contribution is 7.13. The maximum atomic E-state index is 11.8. The predicted molar refractivity (Wildman–Crippen MR) is 87.8 cm³/mol. The number of aromatic nitrogens is 1. The molecular formula is C15H18ClN3OS. The molecule has 0 atom stereocenters. The quantitative estimate of drug-likeness (QED) is 0.770. The Kier molecular flexibility index (Phi) is 6.17. The van der Waals surface area contributed by atoms with Gasteiger partial charge in [0.25, 0.3) is 0 Å². The summed E-state index contributed by atoms with van der Waals surface area (Å²) < 4.78 is 0. The Morgan fingerprint density at radius 3 is 2.90 bits per heavy atom. The zero-order valence-corrected chi connectivity index (χ0v) is 13.4. The van der Waals surface area contributed by atoms with Gasteiger partial charge in [-0.2, -0.15) is 0 Å². The zero-order valence-electron chi connectivity index (χ0n) is 11.9. The Balaban J connectivity index is 1.91. The smallest absolute Gasteiger partial charge is 0.226 e. The summed E-state index contributed by atoms with van der Waals surface area (Å²) in [5, 5.41) is 9.36. The molecule has 2 rings (SSSR count). The molecular weight excluding hydrogens is 306 g/mol. The first-order valence-electron chi connectivity index (χ1n) is 6.81. The topological polar surface area (TPSA) is 54.0 Å². The fourth-order valence-corrected chi connectivity index (χ4v) is 3.01. The van der Waals surface area contributed by atoms with Gasteiger partial charge >= 0.3 is 0 Å². The van der Waals surface area contributed by atoms with Crippen molar-refractivity contribution in [2.45, 2.75) is 12.8 Å². The maximum Gasteiger partial charge on any atom is 0.226 e. The molecule has 2 N–H and O–H groups in total. The van der Waals surface area contributed by atoms with Gasteiger partial charge in [-0.3, -0.25) is 4.79 Å². The molecule has 0 radical (unpaired) electrons. The third kappa shape index (κ3) is 4.81. The van der Waals surface area contributed by atoms with Gasteiger partial charge in [0.15, 0.2) is 0 Å². The first-order chi connectivity index (χ1) is 10.2. The first-order valence-corrected chi connectivity index (χ1v) is 8.07. The Morgan fingerprint density at radius 1 is 1.33 bits per heavy atom. The second kappa shape index (κ2) is 8.12. The normalized spacial score (nSPS) is 10.6. The van der Waals surface area contributed by atoms with Gasteiger partial charge in [0.2, 0.25) is 5.91 Å².